The van der Waals surface area contributed by atoms with Gasteiger partial charge in [-0.2, -0.15) is 0 Å². The number of non-ortho nitro benzene ring substituents is 1. The molecular weight excluding hydrogens is 434 g/mol. The molecule has 0 spiro atoms. The van der Waals surface area contributed by atoms with Crippen molar-refractivity contribution in [2.45, 2.75) is 0 Å². The van der Waals surface area contributed by atoms with Crippen LogP contribution in [0.2, 0.25) is 5.02 Å². The van der Waals surface area contributed by atoms with Crippen LogP contribution >= 0.6 is 23.4 Å². The van der Waals surface area contributed by atoms with Crippen molar-refractivity contribution in [2.24, 2.45) is 0 Å². The molecular formula is C19H14ClN3O6S. The van der Waals surface area contributed by atoms with E-state index in [9.17, 15) is 24.5 Å². The number of nitro benzene ring substituents is 1. The number of para-hydroxylation sites is 1. The summed E-state index contributed by atoms with van der Waals surface area (Å²) in [6.07, 6.45) is 1.32. The molecule has 1 aliphatic heterocycles. The van der Waals surface area contributed by atoms with Crippen LogP contribution in [0.15, 0.2) is 47.4 Å². The number of nitro groups is 1. The van der Waals surface area contributed by atoms with Crippen molar-refractivity contribution >= 4 is 57.9 Å². The molecule has 1 heterocycles. The number of anilines is 1. The standard InChI is InChI=1S/C19H14ClN3O6S/c1-29-15-7-6-12(23(27)28)8-11(15)9-16-18(25)22(19(26)30-16)10-17(24)21-14-5-3-2-4-13(14)20/h2-9H,10H2,1H3,(H,21,24)/b16-9+. The van der Waals surface area contributed by atoms with Crippen LogP contribution in [0.4, 0.5) is 16.2 Å². The van der Waals surface area contributed by atoms with Crippen molar-refractivity contribution in [1.29, 1.82) is 0 Å². The average molecular weight is 448 g/mol. The summed E-state index contributed by atoms with van der Waals surface area (Å²) in [5, 5.41) is 13.2. The molecule has 3 rings (SSSR count). The zero-order valence-corrected chi connectivity index (χ0v) is 17.0. The Morgan fingerprint density at radius 3 is 2.70 bits per heavy atom. The second kappa shape index (κ2) is 8.97. The maximum atomic E-state index is 12.6. The number of methoxy groups -OCH3 is 1. The van der Waals surface area contributed by atoms with E-state index in [2.05, 4.69) is 5.32 Å². The number of nitrogens with one attached hydrogen (secondary N) is 1. The van der Waals surface area contributed by atoms with Crippen molar-refractivity contribution in [3.63, 3.8) is 0 Å². The largest absolute Gasteiger partial charge is 0.496 e. The monoisotopic (exact) mass is 447 g/mol. The Hall–Kier alpha value is -3.37. The topological polar surface area (TPSA) is 119 Å². The molecule has 3 amide bonds. The highest BCUT2D eigenvalue weighted by molar-refractivity contribution is 8.18. The number of carbonyl (C=O) groups is 3. The summed E-state index contributed by atoms with van der Waals surface area (Å²) in [6.45, 7) is -0.501. The Balaban J connectivity index is 1.79. The lowest BCUT2D eigenvalue weighted by molar-refractivity contribution is -0.384. The minimum absolute atomic E-state index is 0.0179. The minimum Gasteiger partial charge on any atom is -0.496 e. The summed E-state index contributed by atoms with van der Waals surface area (Å²) in [5.74, 6) is -0.990. The highest BCUT2D eigenvalue weighted by atomic mass is 35.5. The van der Waals surface area contributed by atoms with E-state index in [1.807, 2.05) is 0 Å². The van der Waals surface area contributed by atoms with E-state index >= 15 is 0 Å². The maximum absolute atomic E-state index is 12.6. The highest BCUT2D eigenvalue weighted by Crippen LogP contribution is 2.35. The van der Waals surface area contributed by atoms with Gasteiger partial charge in [0.05, 0.1) is 27.6 Å². The van der Waals surface area contributed by atoms with Crippen molar-refractivity contribution < 1.29 is 24.0 Å². The van der Waals surface area contributed by atoms with Crippen molar-refractivity contribution in [1.82, 2.24) is 4.90 Å². The number of halogens is 1. The predicted molar refractivity (Wildman–Crippen MR) is 112 cm³/mol. The van der Waals surface area contributed by atoms with E-state index in [1.54, 1.807) is 24.3 Å². The Kier molecular flexibility index (Phi) is 6.38. The van der Waals surface area contributed by atoms with Gasteiger partial charge < -0.3 is 10.1 Å². The Bertz CT molecular complexity index is 1090. The summed E-state index contributed by atoms with van der Waals surface area (Å²) >= 11 is 6.61. The van der Waals surface area contributed by atoms with Crippen molar-refractivity contribution in [3.8, 4) is 5.75 Å². The Labute approximate surface area is 179 Å². The van der Waals surface area contributed by atoms with E-state index in [-0.39, 0.29) is 16.2 Å². The molecule has 1 aliphatic rings. The van der Waals surface area contributed by atoms with E-state index in [0.717, 1.165) is 4.90 Å². The van der Waals surface area contributed by atoms with Gasteiger partial charge in [-0.15, -0.1) is 0 Å². The lowest BCUT2D eigenvalue weighted by Gasteiger charge is -2.13. The van der Waals surface area contributed by atoms with E-state index in [4.69, 9.17) is 16.3 Å². The molecule has 154 valence electrons. The van der Waals surface area contributed by atoms with Crippen LogP contribution < -0.4 is 10.1 Å². The number of hydrogen-bond donors (Lipinski definition) is 1. The van der Waals surface area contributed by atoms with E-state index in [1.165, 1.54) is 31.4 Å². The molecule has 1 saturated heterocycles. The second-order valence-electron chi connectivity index (χ2n) is 5.98. The SMILES string of the molecule is COc1ccc([N+](=O)[O-])cc1/C=C1/SC(=O)N(CC(=O)Nc2ccccc2Cl)C1=O. The third-order valence-corrected chi connectivity index (χ3v) is 5.27. The first-order valence-corrected chi connectivity index (χ1v) is 9.61. The number of benzene rings is 2. The molecule has 0 unspecified atom stereocenters. The lowest BCUT2D eigenvalue weighted by Crippen LogP contribution is -2.36. The first-order chi connectivity index (χ1) is 14.3. The van der Waals surface area contributed by atoms with Crippen LogP contribution in [0.5, 0.6) is 5.75 Å². The fraction of sp³-hybridized carbons (Fsp3) is 0.105. The molecule has 0 aliphatic carbocycles. The first kappa shape index (κ1) is 21.3. The zero-order chi connectivity index (χ0) is 21.8. The van der Waals surface area contributed by atoms with Gasteiger partial charge in [0.1, 0.15) is 12.3 Å². The van der Waals surface area contributed by atoms with Crippen LogP contribution in [-0.2, 0) is 9.59 Å². The van der Waals surface area contributed by atoms with Gasteiger partial charge in [-0.05, 0) is 36.0 Å². The highest BCUT2D eigenvalue weighted by Gasteiger charge is 2.36. The maximum Gasteiger partial charge on any atom is 0.294 e. The number of amides is 3. The zero-order valence-electron chi connectivity index (χ0n) is 15.5. The van der Waals surface area contributed by atoms with Crippen LogP contribution in [0, 0.1) is 10.1 Å². The van der Waals surface area contributed by atoms with Gasteiger partial charge in [0.2, 0.25) is 5.91 Å². The molecule has 30 heavy (non-hydrogen) atoms. The molecule has 2 aromatic rings. The van der Waals surface area contributed by atoms with E-state index < -0.39 is 28.5 Å². The van der Waals surface area contributed by atoms with Crippen LogP contribution in [-0.4, -0.2) is 40.5 Å². The summed E-state index contributed by atoms with van der Waals surface area (Å²) in [7, 11) is 1.38. The third-order valence-electron chi connectivity index (χ3n) is 4.03. The normalized spacial score (nSPS) is 14.9. The van der Waals surface area contributed by atoms with Crippen LogP contribution in [0.3, 0.4) is 0 Å². The van der Waals surface area contributed by atoms with Gasteiger partial charge in [-0.3, -0.25) is 29.4 Å². The van der Waals surface area contributed by atoms with Crippen molar-refractivity contribution in [3.05, 3.63) is 68.1 Å². The van der Waals surface area contributed by atoms with Gasteiger partial charge in [0, 0.05) is 17.7 Å². The molecule has 0 bridgehead atoms. The summed E-state index contributed by atoms with van der Waals surface area (Å²) < 4.78 is 5.16. The molecule has 1 fully saturated rings. The smallest absolute Gasteiger partial charge is 0.294 e. The average Bonchev–Trinajstić information content (AvgIpc) is 2.97. The predicted octanol–water partition coefficient (Wildman–Crippen LogP) is 3.93. The summed E-state index contributed by atoms with van der Waals surface area (Å²) in [6, 6.07) is 10.4. The lowest BCUT2D eigenvalue weighted by atomic mass is 10.1. The Morgan fingerprint density at radius 1 is 1.30 bits per heavy atom. The second-order valence-corrected chi connectivity index (χ2v) is 7.38. The summed E-state index contributed by atoms with van der Waals surface area (Å²) in [4.78, 5) is 48.4. The van der Waals surface area contributed by atoms with Gasteiger partial charge in [0.15, 0.2) is 0 Å². The number of hydrogen-bond acceptors (Lipinski definition) is 7. The van der Waals surface area contributed by atoms with Gasteiger partial charge in [-0.25, -0.2) is 0 Å². The Morgan fingerprint density at radius 2 is 2.03 bits per heavy atom. The van der Waals surface area contributed by atoms with Crippen LogP contribution in [0.1, 0.15) is 5.56 Å². The number of ether oxygens (including phenoxy) is 1. The molecule has 11 heteroatoms. The van der Waals surface area contributed by atoms with Crippen molar-refractivity contribution in [2.75, 3.05) is 19.0 Å². The van der Waals surface area contributed by atoms with Gasteiger partial charge >= 0.3 is 0 Å². The van der Waals surface area contributed by atoms with Crippen LogP contribution in [0.25, 0.3) is 6.08 Å². The molecule has 0 atom stereocenters. The first-order valence-electron chi connectivity index (χ1n) is 8.42. The number of rotatable bonds is 6. The minimum atomic E-state index is -0.687. The molecule has 9 nitrogen and oxygen atoms in total. The fourth-order valence-electron chi connectivity index (χ4n) is 2.62. The fourth-order valence-corrected chi connectivity index (χ4v) is 3.63. The number of nitrogens with zero attached hydrogens (tertiary/aromatic N) is 2. The number of carbonyl (C=O) groups excluding carboxylic acids is 3. The molecule has 0 saturated carbocycles. The molecule has 1 N–H and O–H groups in total. The number of imide groups is 1. The molecule has 2 aromatic carbocycles. The molecule has 0 radical (unpaired) electrons. The van der Waals surface area contributed by atoms with E-state index in [0.29, 0.717) is 28.2 Å². The number of thioether (sulfide) groups is 1. The van der Waals surface area contributed by atoms with Gasteiger partial charge in [-0.1, -0.05) is 23.7 Å². The molecule has 0 aromatic heterocycles. The summed E-state index contributed by atoms with van der Waals surface area (Å²) in [5.41, 5.74) is 0.422. The quantitative estimate of drug-likeness (QED) is 0.404. The third kappa shape index (κ3) is 4.61. The van der Waals surface area contributed by atoms with Gasteiger partial charge in [0.25, 0.3) is 16.8 Å².